The molecule has 1 heterocycles. The number of aliphatic imine (C=N–C) groups is 1. The van der Waals surface area contributed by atoms with Crippen LogP contribution in [0.5, 0.6) is 23.1 Å². The molecule has 1 aromatic heterocycles. The van der Waals surface area contributed by atoms with Crippen LogP contribution in [0.1, 0.15) is 5.56 Å². The minimum absolute atomic E-state index is 0. The van der Waals surface area contributed by atoms with E-state index in [9.17, 15) is 0 Å². The number of hydrogen-bond acceptors (Lipinski definition) is 5. The van der Waals surface area contributed by atoms with Crippen molar-refractivity contribution in [3.63, 3.8) is 0 Å². The molecule has 152 valence electrons. The van der Waals surface area contributed by atoms with Crippen molar-refractivity contribution in [2.24, 2.45) is 10.7 Å². The van der Waals surface area contributed by atoms with E-state index in [-0.39, 0.29) is 24.0 Å². The van der Waals surface area contributed by atoms with Gasteiger partial charge >= 0.3 is 0 Å². The number of rotatable bonds is 7. The van der Waals surface area contributed by atoms with E-state index in [1.807, 2.05) is 42.5 Å². The molecule has 0 radical (unpaired) electrons. The van der Waals surface area contributed by atoms with Crippen molar-refractivity contribution < 1.29 is 14.2 Å². The van der Waals surface area contributed by atoms with Crippen molar-refractivity contribution in [3.05, 3.63) is 72.4 Å². The predicted molar refractivity (Wildman–Crippen MR) is 125 cm³/mol. The molecular formula is C21H23IN4O3. The predicted octanol–water partition coefficient (Wildman–Crippen LogP) is 4.44. The van der Waals surface area contributed by atoms with Crippen molar-refractivity contribution in [3.8, 4) is 23.1 Å². The lowest BCUT2D eigenvalue weighted by molar-refractivity contribution is 0.342. The van der Waals surface area contributed by atoms with Gasteiger partial charge in [-0.25, -0.2) is 9.98 Å². The summed E-state index contributed by atoms with van der Waals surface area (Å²) in [4.78, 5) is 8.64. The molecule has 0 saturated carbocycles. The highest BCUT2D eigenvalue weighted by Crippen LogP contribution is 2.39. The second-order valence-electron chi connectivity index (χ2n) is 5.79. The molecule has 0 fully saturated rings. The molecule has 0 saturated heterocycles. The highest BCUT2D eigenvalue weighted by molar-refractivity contribution is 14.0. The smallest absolute Gasteiger partial charge is 0.219 e. The van der Waals surface area contributed by atoms with Crippen molar-refractivity contribution in [2.45, 2.75) is 6.54 Å². The molecule has 8 heteroatoms. The average molecular weight is 506 g/mol. The molecule has 29 heavy (non-hydrogen) atoms. The molecule has 0 spiro atoms. The van der Waals surface area contributed by atoms with Crippen LogP contribution in [0.2, 0.25) is 0 Å². The van der Waals surface area contributed by atoms with E-state index in [0.29, 0.717) is 35.6 Å². The number of aromatic nitrogens is 1. The zero-order valence-electron chi connectivity index (χ0n) is 16.2. The van der Waals surface area contributed by atoms with Crippen LogP contribution in [-0.4, -0.2) is 25.2 Å². The first-order chi connectivity index (χ1) is 13.7. The van der Waals surface area contributed by atoms with E-state index in [1.165, 1.54) is 0 Å². The largest absolute Gasteiger partial charge is 0.493 e. The molecule has 7 nitrogen and oxygen atoms in total. The quantitative estimate of drug-likeness (QED) is 0.280. The maximum Gasteiger partial charge on any atom is 0.219 e. The summed E-state index contributed by atoms with van der Waals surface area (Å²) in [6, 6.07) is 18.7. The Bertz CT molecular complexity index is 912. The number of anilines is 1. The van der Waals surface area contributed by atoms with Crippen LogP contribution < -0.4 is 25.3 Å². The first-order valence-electron chi connectivity index (χ1n) is 8.65. The lowest BCUT2D eigenvalue weighted by Crippen LogP contribution is -2.22. The van der Waals surface area contributed by atoms with Crippen LogP contribution in [0.15, 0.2) is 71.9 Å². The van der Waals surface area contributed by atoms with E-state index in [0.717, 1.165) is 11.3 Å². The summed E-state index contributed by atoms with van der Waals surface area (Å²) in [5.41, 5.74) is 7.70. The zero-order chi connectivity index (χ0) is 19.8. The number of para-hydroxylation sites is 2. The Morgan fingerprint density at radius 1 is 0.966 bits per heavy atom. The number of benzene rings is 2. The minimum atomic E-state index is 0. The van der Waals surface area contributed by atoms with Crippen LogP contribution in [0.4, 0.5) is 5.69 Å². The summed E-state index contributed by atoms with van der Waals surface area (Å²) >= 11 is 0. The van der Waals surface area contributed by atoms with Crippen molar-refractivity contribution in [2.75, 3.05) is 19.5 Å². The molecule has 2 aromatic carbocycles. The summed E-state index contributed by atoms with van der Waals surface area (Å²) in [6.45, 7) is 0.400. The highest BCUT2D eigenvalue weighted by Gasteiger charge is 2.13. The van der Waals surface area contributed by atoms with E-state index in [1.54, 1.807) is 38.6 Å². The van der Waals surface area contributed by atoms with Gasteiger partial charge in [0.2, 0.25) is 11.6 Å². The van der Waals surface area contributed by atoms with Gasteiger partial charge in [-0.2, -0.15) is 0 Å². The molecule has 0 aliphatic carbocycles. The van der Waals surface area contributed by atoms with E-state index >= 15 is 0 Å². The zero-order valence-corrected chi connectivity index (χ0v) is 18.5. The number of nitrogens with zero attached hydrogens (tertiary/aromatic N) is 2. The van der Waals surface area contributed by atoms with Crippen LogP contribution in [-0.2, 0) is 6.54 Å². The Morgan fingerprint density at radius 3 is 2.24 bits per heavy atom. The van der Waals surface area contributed by atoms with Crippen LogP contribution >= 0.6 is 24.0 Å². The Labute approximate surface area is 186 Å². The third-order valence-corrected chi connectivity index (χ3v) is 3.87. The first-order valence-corrected chi connectivity index (χ1v) is 8.65. The molecule has 0 atom stereocenters. The number of hydrogen-bond donors (Lipinski definition) is 2. The van der Waals surface area contributed by atoms with Gasteiger partial charge in [0.15, 0.2) is 17.5 Å². The summed E-state index contributed by atoms with van der Waals surface area (Å²) < 4.78 is 16.5. The van der Waals surface area contributed by atoms with Gasteiger partial charge < -0.3 is 25.3 Å². The van der Waals surface area contributed by atoms with Gasteiger partial charge in [0, 0.05) is 18.0 Å². The number of guanidine groups is 1. The van der Waals surface area contributed by atoms with E-state index in [2.05, 4.69) is 15.3 Å². The van der Waals surface area contributed by atoms with E-state index < -0.39 is 0 Å². The first kappa shape index (κ1) is 22.3. The van der Waals surface area contributed by atoms with Gasteiger partial charge in [0.25, 0.3) is 0 Å². The van der Waals surface area contributed by atoms with Crippen molar-refractivity contribution >= 4 is 35.6 Å². The molecule has 0 unspecified atom stereocenters. The number of nitrogens with two attached hydrogens (primary N) is 1. The molecule has 0 aliphatic heterocycles. The van der Waals surface area contributed by atoms with Crippen molar-refractivity contribution in [1.29, 1.82) is 0 Å². The fraction of sp³-hybridized carbons (Fsp3) is 0.143. The Balaban J connectivity index is 0.00000300. The number of nitrogens with one attached hydrogen (secondary N) is 1. The molecule has 3 N–H and O–H groups in total. The van der Waals surface area contributed by atoms with Crippen molar-refractivity contribution in [1.82, 2.24) is 4.98 Å². The number of halogens is 1. The Hall–Kier alpha value is -3.01. The minimum Gasteiger partial charge on any atom is -0.493 e. The second kappa shape index (κ2) is 11.1. The lowest BCUT2D eigenvalue weighted by atomic mass is 10.3. The molecule has 3 aromatic rings. The third-order valence-electron chi connectivity index (χ3n) is 3.87. The summed E-state index contributed by atoms with van der Waals surface area (Å²) in [5.74, 6) is 2.36. The molecule has 0 amide bonds. The van der Waals surface area contributed by atoms with Gasteiger partial charge in [-0.1, -0.05) is 30.3 Å². The van der Waals surface area contributed by atoms with Crippen LogP contribution in [0.3, 0.4) is 0 Å². The SMILES string of the molecule is COc1cccc(OC)c1Oc1ccc(CN=C(N)Nc2ccccc2)cn1.I. The molecule has 3 rings (SSSR count). The highest BCUT2D eigenvalue weighted by atomic mass is 127. The number of methoxy groups -OCH3 is 2. The molecule has 0 bridgehead atoms. The van der Waals surface area contributed by atoms with Crippen LogP contribution in [0, 0.1) is 0 Å². The maximum atomic E-state index is 5.92. The fourth-order valence-corrected chi connectivity index (χ4v) is 2.47. The Morgan fingerprint density at radius 2 is 1.66 bits per heavy atom. The summed E-state index contributed by atoms with van der Waals surface area (Å²) in [6.07, 6.45) is 1.69. The van der Waals surface area contributed by atoms with Gasteiger partial charge in [-0.3, -0.25) is 0 Å². The molecular weight excluding hydrogens is 483 g/mol. The number of pyridine rings is 1. The fourth-order valence-electron chi connectivity index (χ4n) is 2.47. The third kappa shape index (κ3) is 6.24. The molecule has 0 aliphatic rings. The van der Waals surface area contributed by atoms with Gasteiger partial charge in [0.05, 0.1) is 20.8 Å². The van der Waals surface area contributed by atoms with Crippen LogP contribution in [0.25, 0.3) is 0 Å². The maximum absolute atomic E-state index is 5.92. The summed E-state index contributed by atoms with van der Waals surface area (Å²) in [5, 5.41) is 3.04. The van der Waals surface area contributed by atoms with Gasteiger partial charge in [-0.05, 0) is 29.8 Å². The monoisotopic (exact) mass is 506 g/mol. The second-order valence-corrected chi connectivity index (χ2v) is 5.79. The van der Waals surface area contributed by atoms with Gasteiger partial charge in [0.1, 0.15) is 0 Å². The standard InChI is InChI=1S/C21H22N4O3.HI/c1-26-17-9-6-10-18(27-2)20(17)28-19-12-11-15(13-23-19)14-24-21(22)25-16-7-4-3-5-8-16;/h3-13H,14H2,1-2H3,(H3,22,24,25);1H. The van der Waals surface area contributed by atoms with E-state index in [4.69, 9.17) is 19.9 Å². The van der Waals surface area contributed by atoms with Gasteiger partial charge in [-0.15, -0.1) is 24.0 Å². The topological polar surface area (TPSA) is 91.0 Å². The number of ether oxygens (including phenoxy) is 3. The Kier molecular flexibility index (Phi) is 8.53. The average Bonchev–Trinajstić information content (AvgIpc) is 2.74. The lowest BCUT2D eigenvalue weighted by Gasteiger charge is -2.13. The summed E-state index contributed by atoms with van der Waals surface area (Å²) in [7, 11) is 3.15. The normalized spacial score (nSPS) is 10.6.